The van der Waals surface area contributed by atoms with Gasteiger partial charge in [-0.05, 0) is 0 Å². The molecular formula is C7H6BrNO4. The molecule has 1 aliphatic carbocycles. The second-order valence-corrected chi connectivity index (χ2v) is 3.81. The quantitative estimate of drug-likeness (QED) is 0.344. The summed E-state index contributed by atoms with van der Waals surface area (Å²) in [5.41, 5.74) is 0. The van der Waals surface area contributed by atoms with Gasteiger partial charge >= 0.3 is 10.4 Å². The van der Waals surface area contributed by atoms with E-state index in [-0.39, 0.29) is 0 Å². The van der Waals surface area contributed by atoms with E-state index < -0.39 is 21.3 Å². The van der Waals surface area contributed by atoms with Crippen LogP contribution in [-0.4, -0.2) is 20.4 Å². The number of nitrogens with zero attached hydrogens (tertiary/aromatic N) is 1. The first-order valence-electron chi connectivity index (χ1n) is 3.40. The van der Waals surface area contributed by atoms with Crippen molar-refractivity contribution >= 4 is 21.9 Å². The molecule has 1 rings (SSSR count). The van der Waals surface area contributed by atoms with Crippen LogP contribution in [0.1, 0.15) is 0 Å². The lowest BCUT2D eigenvalue weighted by atomic mass is 9.96. The van der Waals surface area contributed by atoms with Crippen LogP contribution >= 0.6 is 15.9 Å². The molecule has 1 N–H and O–H groups in total. The van der Waals surface area contributed by atoms with Crippen LogP contribution in [0, 0.1) is 16.0 Å². The number of carboxylic acids is 1. The largest absolute Gasteiger partial charge is 0.481 e. The topological polar surface area (TPSA) is 80.4 Å². The zero-order valence-electron chi connectivity index (χ0n) is 6.38. The molecule has 0 saturated carbocycles. The average Bonchev–Trinajstić information content (AvgIpc) is 2.04. The van der Waals surface area contributed by atoms with E-state index in [1.165, 1.54) is 24.3 Å². The summed E-state index contributed by atoms with van der Waals surface area (Å²) < 4.78 is -1.71. The first kappa shape index (κ1) is 9.91. The van der Waals surface area contributed by atoms with Gasteiger partial charge in [-0.15, -0.1) is 0 Å². The molecule has 0 bridgehead atoms. The maximum Gasteiger partial charge on any atom is 0.319 e. The Labute approximate surface area is 82.0 Å². The van der Waals surface area contributed by atoms with E-state index in [9.17, 15) is 14.9 Å². The fourth-order valence-electron chi connectivity index (χ4n) is 1.03. The van der Waals surface area contributed by atoms with E-state index in [2.05, 4.69) is 15.9 Å². The normalized spacial score (nSPS) is 31.6. The number of allylic oxidation sites excluding steroid dienone is 2. The number of carbonyl (C=O) groups is 1. The molecule has 0 aromatic heterocycles. The molecule has 0 amide bonds. The number of aliphatic carboxylic acids is 1. The summed E-state index contributed by atoms with van der Waals surface area (Å²) in [4.78, 5) is 20.6. The SMILES string of the molecule is O=C(O)C1C=CC=CC1(Br)[N+](=O)[O-]. The smallest absolute Gasteiger partial charge is 0.319 e. The van der Waals surface area contributed by atoms with Crippen LogP contribution in [0.5, 0.6) is 0 Å². The number of hydrogen-bond donors (Lipinski definition) is 1. The molecule has 1 aliphatic rings. The van der Waals surface area contributed by atoms with Crippen LogP contribution in [0.25, 0.3) is 0 Å². The van der Waals surface area contributed by atoms with Crippen molar-refractivity contribution in [2.75, 3.05) is 0 Å². The third-order valence-electron chi connectivity index (χ3n) is 1.73. The summed E-state index contributed by atoms with van der Waals surface area (Å²) in [5, 5.41) is 19.3. The Morgan fingerprint density at radius 3 is 2.62 bits per heavy atom. The van der Waals surface area contributed by atoms with E-state index >= 15 is 0 Å². The molecule has 0 aromatic rings. The summed E-state index contributed by atoms with van der Waals surface area (Å²) in [5.74, 6) is -2.40. The molecule has 2 atom stereocenters. The number of rotatable bonds is 2. The molecule has 0 saturated heterocycles. The van der Waals surface area contributed by atoms with Gasteiger partial charge in [-0.3, -0.25) is 14.9 Å². The average molecular weight is 248 g/mol. The fraction of sp³-hybridized carbons (Fsp3) is 0.286. The number of hydrogen-bond acceptors (Lipinski definition) is 3. The zero-order valence-corrected chi connectivity index (χ0v) is 7.97. The monoisotopic (exact) mass is 247 g/mol. The second-order valence-electron chi connectivity index (χ2n) is 2.54. The highest BCUT2D eigenvalue weighted by Gasteiger charge is 2.49. The van der Waals surface area contributed by atoms with Gasteiger partial charge in [0.25, 0.3) is 0 Å². The molecule has 13 heavy (non-hydrogen) atoms. The third-order valence-corrected chi connectivity index (χ3v) is 2.77. The first-order chi connectivity index (χ1) is 5.98. The molecule has 0 aromatic carbocycles. The summed E-state index contributed by atoms with van der Waals surface area (Å²) in [6.07, 6.45) is 5.41. The van der Waals surface area contributed by atoms with E-state index in [0.717, 1.165) is 0 Å². The van der Waals surface area contributed by atoms with Gasteiger partial charge in [0, 0.05) is 26.9 Å². The van der Waals surface area contributed by atoms with Gasteiger partial charge in [-0.2, -0.15) is 0 Å². The maximum absolute atomic E-state index is 10.7. The summed E-state index contributed by atoms with van der Waals surface area (Å²) in [6.45, 7) is 0. The Hall–Kier alpha value is -1.17. The van der Waals surface area contributed by atoms with Gasteiger partial charge in [0.15, 0.2) is 5.92 Å². The van der Waals surface area contributed by atoms with Gasteiger partial charge in [-0.25, -0.2) is 0 Å². The molecule has 2 unspecified atom stereocenters. The standard InChI is InChI=1S/C7H6BrNO4/c8-7(9(12)13)4-2-1-3-5(7)6(10)11/h1-5H,(H,10,11). The number of alkyl halides is 1. The van der Waals surface area contributed by atoms with Gasteiger partial charge in [0.05, 0.1) is 0 Å². The van der Waals surface area contributed by atoms with Gasteiger partial charge in [0.1, 0.15) is 0 Å². The molecule has 0 spiro atoms. The lowest BCUT2D eigenvalue weighted by Gasteiger charge is -2.21. The molecule has 6 heteroatoms. The number of nitro groups is 1. The highest BCUT2D eigenvalue weighted by Crippen LogP contribution is 2.33. The van der Waals surface area contributed by atoms with Crippen LogP contribution in [-0.2, 0) is 4.79 Å². The third kappa shape index (κ3) is 1.62. The molecule has 0 radical (unpaired) electrons. The fourth-order valence-corrected chi connectivity index (χ4v) is 1.54. The molecule has 70 valence electrons. The van der Waals surface area contributed by atoms with Crippen LogP contribution in [0.3, 0.4) is 0 Å². The summed E-state index contributed by atoms with van der Waals surface area (Å²) in [7, 11) is 0. The highest BCUT2D eigenvalue weighted by molar-refractivity contribution is 9.10. The molecule has 0 heterocycles. The summed E-state index contributed by atoms with van der Waals surface area (Å²) >= 11 is 2.81. The molecule has 0 fully saturated rings. The Kier molecular flexibility index (Phi) is 2.51. The molecule has 0 aliphatic heterocycles. The Morgan fingerprint density at radius 1 is 1.62 bits per heavy atom. The maximum atomic E-state index is 10.7. The van der Waals surface area contributed by atoms with Crippen molar-refractivity contribution in [1.29, 1.82) is 0 Å². The highest BCUT2D eigenvalue weighted by atomic mass is 79.9. The van der Waals surface area contributed by atoms with E-state index in [1.807, 2.05) is 0 Å². The lowest BCUT2D eigenvalue weighted by Crippen LogP contribution is -2.42. The predicted molar refractivity (Wildman–Crippen MR) is 48.1 cm³/mol. The van der Waals surface area contributed by atoms with Crippen molar-refractivity contribution < 1.29 is 14.8 Å². The van der Waals surface area contributed by atoms with Crippen LogP contribution in [0.2, 0.25) is 0 Å². The van der Waals surface area contributed by atoms with Gasteiger partial charge in [0.2, 0.25) is 0 Å². The Morgan fingerprint density at radius 2 is 2.23 bits per heavy atom. The van der Waals surface area contributed by atoms with E-state index in [4.69, 9.17) is 5.11 Å². The number of halogens is 1. The Balaban J connectivity index is 3.07. The van der Waals surface area contributed by atoms with E-state index in [0.29, 0.717) is 0 Å². The van der Waals surface area contributed by atoms with Crippen molar-refractivity contribution in [3.8, 4) is 0 Å². The van der Waals surface area contributed by atoms with Crippen LogP contribution < -0.4 is 0 Å². The van der Waals surface area contributed by atoms with Crippen molar-refractivity contribution in [3.05, 3.63) is 34.4 Å². The molecule has 5 nitrogen and oxygen atoms in total. The summed E-state index contributed by atoms with van der Waals surface area (Å²) in [6, 6.07) is 0. The first-order valence-corrected chi connectivity index (χ1v) is 4.20. The van der Waals surface area contributed by atoms with Crippen molar-refractivity contribution in [2.45, 2.75) is 4.45 Å². The van der Waals surface area contributed by atoms with Crippen molar-refractivity contribution in [1.82, 2.24) is 0 Å². The van der Waals surface area contributed by atoms with Crippen molar-refractivity contribution in [3.63, 3.8) is 0 Å². The minimum atomic E-state index is -1.71. The number of carboxylic acid groups (broad SMARTS) is 1. The second kappa shape index (κ2) is 3.29. The van der Waals surface area contributed by atoms with Crippen molar-refractivity contribution in [2.24, 2.45) is 5.92 Å². The van der Waals surface area contributed by atoms with Gasteiger partial charge in [-0.1, -0.05) is 18.2 Å². The predicted octanol–water partition coefficient (Wildman–Crippen LogP) is 1.18. The minimum absolute atomic E-state index is 0.661. The lowest BCUT2D eigenvalue weighted by molar-refractivity contribution is -0.526. The van der Waals surface area contributed by atoms with Gasteiger partial charge < -0.3 is 5.11 Å². The van der Waals surface area contributed by atoms with Crippen LogP contribution in [0.4, 0.5) is 0 Å². The van der Waals surface area contributed by atoms with E-state index in [1.54, 1.807) is 0 Å². The van der Waals surface area contributed by atoms with Crippen LogP contribution in [0.15, 0.2) is 24.3 Å². The Bertz CT molecular complexity index is 312. The molecular weight excluding hydrogens is 242 g/mol. The zero-order chi connectivity index (χ0) is 10.1. The minimum Gasteiger partial charge on any atom is -0.481 e.